The van der Waals surface area contributed by atoms with Crippen molar-refractivity contribution in [2.24, 2.45) is 0 Å². The number of hydrogen-bond donors (Lipinski definition) is 1. The Labute approximate surface area is 57.5 Å². The van der Waals surface area contributed by atoms with E-state index in [1.807, 2.05) is 0 Å². The molecule has 1 heterocycles. The Morgan fingerprint density at radius 2 is 2.33 bits per heavy atom. The number of aromatic amines is 1. The molecule has 1 aromatic rings. The molecule has 0 aliphatic heterocycles. The molecule has 0 fully saturated rings. The van der Waals surface area contributed by atoms with Crippen molar-refractivity contribution >= 4 is 29.6 Å². The number of aromatic nitrogens is 3. The van der Waals surface area contributed by atoms with E-state index in [1.54, 1.807) is 0 Å². The van der Waals surface area contributed by atoms with Gasteiger partial charge in [0.2, 0.25) is 0 Å². The quantitative estimate of drug-likeness (QED) is 0.425. The molecule has 0 aliphatic rings. The molecule has 0 atom stereocenters. The maximum atomic E-state index is 3.56. The molecule has 1 rings (SSSR count). The van der Waals surface area contributed by atoms with Crippen LogP contribution in [0.2, 0.25) is 0 Å². The summed E-state index contributed by atoms with van der Waals surface area (Å²) in [5.74, 6) is 0. The minimum absolute atomic E-state index is 0. The molecule has 0 unspecified atom stereocenters. The van der Waals surface area contributed by atoms with E-state index in [0.29, 0.717) is 0 Å². The van der Waals surface area contributed by atoms with Crippen LogP contribution in [0.4, 0.5) is 0 Å². The largest absolute Gasteiger partial charge is 0.266 e. The second-order valence-electron chi connectivity index (χ2n) is 0.652. The smallest absolute Gasteiger partial charge is 0.137 e. The third-order valence-electron chi connectivity index (χ3n) is 0.331. The predicted molar refractivity (Wildman–Crippen MR) is 23.5 cm³/mol. The van der Waals surface area contributed by atoms with Gasteiger partial charge in [0, 0.05) is 0 Å². The molecule has 0 saturated carbocycles. The standard InChI is InChI=1S/C2H3N3.Na.H/c1-3-2-5-4-1;;/h1-2H,(H,3,4,5);;. The summed E-state index contributed by atoms with van der Waals surface area (Å²) in [5, 5.41) is 5.99. The summed E-state index contributed by atoms with van der Waals surface area (Å²) < 4.78 is 0. The van der Waals surface area contributed by atoms with E-state index in [9.17, 15) is 0 Å². The van der Waals surface area contributed by atoms with Crippen molar-refractivity contribution in [3.63, 3.8) is 0 Å². The van der Waals surface area contributed by atoms with E-state index in [4.69, 9.17) is 0 Å². The molecule has 1 N–H and O–H groups in total. The zero-order chi connectivity index (χ0) is 3.54. The summed E-state index contributed by atoms with van der Waals surface area (Å²) in [6.07, 6.45) is 2.96. The van der Waals surface area contributed by atoms with E-state index >= 15 is 0 Å². The molecule has 4 heteroatoms. The average molecular weight is 93.1 g/mol. The van der Waals surface area contributed by atoms with Crippen LogP contribution in [0.1, 0.15) is 0 Å². The van der Waals surface area contributed by atoms with Crippen LogP contribution in [0.25, 0.3) is 0 Å². The van der Waals surface area contributed by atoms with Crippen LogP contribution in [0.3, 0.4) is 0 Å². The third-order valence-corrected chi connectivity index (χ3v) is 0.331. The molecule has 0 aliphatic carbocycles. The first kappa shape index (κ1) is 6.14. The maximum Gasteiger partial charge on any atom is 0.137 e. The van der Waals surface area contributed by atoms with Crippen LogP contribution >= 0.6 is 0 Å². The molecule has 0 radical (unpaired) electrons. The van der Waals surface area contributed by atoms with Crippen molar-refractivity contribution in [1.82, 2.24) is 15.2 Å². The zero-order valence-electron chi connectivity index (χ0n) is 2.55. The van der Waals surface area contributed by atoms with Gasteiger partial charge in [0.1, 0.15) is 12.7 Å². The van der Waals surface area contributed by atoms with E-state index in [2.05, 4.69) is 15.2 Å². The Bertz CT molecular complexity index is 65.3. The average Bonchev–Trinajstić information content (AvgIpc) is 1.76. The van der Waals surface area contributed by atoms with Gasteiger partial charge in [-0.25, -0.2) is 4.98 Å². The molecule has 0 bridgehead atoms. The second kappa shape index (κ2) is 3.33. The van der Waals surface area contributed by atoms with Gasteiger partial charge in [-0.05, 0) is 0 Å². The maximum absolute atomic E-state index is 3.56. The SMILES string of the molecule is [NaH].c1nc[nH]n1. The van der Waals surface area contributed by atoms with Crippen molar-refractivity contribution in [3.8, 4) is 0 Å². The molecule has 28 valence electrons. The number of H-pyrrole nitrogens is 1. The summed E-state index contributed by atoms with van der Waals surface area (Å²) in [5.41, 5.74) is 0. The number of hydrogen-bond acceptors (Lipinski definition) is 2. The van der Waals surface area contributed by atoms with Crippen LogP contribution < -0.4 is 0 Å². The van der Waals surface area contributed by atoms with E-state index in [0.717, 1.165) is 0 Å². The van der Waals surface area contributed by atoms with Crippen molar-refractivity contribution in [1.29, 1.82) is 0 Å². The number of nitrogens with one attached hydrogen (secondary N) is 1. The molecule has 3 nitrogen and oxygen atoms in total. The topological polar surface area (TPSA) is 41.6 Å². The Balaban J connectivity index is 0.000000250. The van der Waals surface area contributed by atoms with Gasteiger partial charge in [0.25, 0.3) is 0 Å². The van der Waals surface area contributed by atoms with Crippen LogP contribution in [0.5, 0.6) is 0 Å². The summed E-state index contributed by atoms with van der Waals surface area (Å²) in [7, 11) is 0. The molecule has 6 heavy (non-hydrogen) atoms. The molecule has 0 spiro atoms. The Kier molecular flexibility index (Phi) is 3.41. The summed E-state index contributed by atoms with van der Waals surface area (Å²) in [6.45, 7) is 0. The molecule has 1 aromatic heterocycles. The van der Waals surface area contributed by atoms with Gasteiger partial charge in [-0.1, -0.05) is 0 Å². The van der Waals surface area contributed by atoms with Crippen molar-refractivity contribution in [2.75, 3.05) is 0 Å². The Hall–Kier alpha value is 0.140. The first-order valence-electron chi connectivity index (χ1n) is 1.29. The summed E-state index contributed by atoms with van der Waals surface area (Å²) in [6, 6.07) is 0. The fourth-order valence-electron chi connectivity index (χ4n) is 0.167. The summed E-state index contributed by atoms with van der Waals surface area (Å²) in [4.78, 5) is 3.56. The van der Waals surface area contributed by atoms with Crippen molar-refractivity contribution in [2.45, 2.75) is 0 Å². The molecular weight excluding hydrogens is 89.0 g/mol. The van der Waals surface area contributed by atoms with Crippen molar-refractivity contribution < 1.29 is 0 Å². The van der Waals surface area contributed by atoms with E-state index in [-0.39, 0.29) is 29.6 Å². The van der Waals surface area contributed by atoms with Gasteiger partial charge in [-0.3, -0.25) is 5.10 Å². The molecule has 0 aromatic carbocycles. The first-order chi connectivity index (χ1) is 2.50. The van der Waals surface area contributed by atoms with Crippen LogP contribution in [-0.2, 0) is 0 Å². The Morgan fingerprint density at radius 1 is 1.50 bits per heavy atom. The molecule has 0 amide bonds. The Morgan fingerprint density at radius 3 is 2.50 bits per heavy atom. The van der Waals surface area contributed by atoms with Crippen LogP contribution in [0.15, 0.2) is 12.7 Å². The minimum atomic E-state index is 0. The van der Waals surface area contributed by atoms with Gasteiger partial charge in [-0.2, -0.15) is 5.10 Å². The first-order valence-corrected chi connectivity index (χ1v) is 1.29. The summed E-state index contributed by atoms with van der Waals surface area (Å²) >= 11 is 0. The van der Waals surface area contributed by atoms with E-state index in [1.165, 1.54) is 12.7 Å². The fourth-order valence-corrected chi connectivity index (χ4v) is 0.167. The predicted octanol–water partition coefficient (Wildman–Crippen LogP) is -0.844. The fraction of sp³-hybridized carbons (Fsp3) is 0. The van der Waals surface area contributed by atoms with Gasteiger partial charge in [0.15, 0.2) is 0 Å². The minimum Gasteiger partial charge on any atom is -0.266 e. The normalized spacial score (nSPS) is 6.67. The van der Waals surface area contributed by atoms with Gasteiger partial charge in [-0.15, -0.1) is 0 Å². The van der Waals surface area contributed by atoms with Gasteiger partial charge >= 0.3 is 29.6 Å². The second-order valence-corrected chi connectivity index (χ2v) is 0.652. The van der Waals surface area contributed by atoms with Crippen LogP contribution in [-0.4, -0.2) is 44.7 Å². The molecule has 0 saturated heterocycles. The number of rotatable bonds is 0. The van der Waals surface area contributed by atoms with Crippen LogP contribution in [0, 0.1) is 0 Å². The van der Waals surface area contributed by atoms with Crippen molar-refractivity contribution in [3.05, 3.63) is 12.7 Å². The number of nitrogens with zero attached hydrogens (tertiary/aromatic N) is 2. The van der Waals surface area contributed by atoms with Gasteiger partial charge in [0.05, 0.1) is 0 Å². The third kappa shape index (κ3) is 1.55. The monoisotopic (exact) mass is 93.0 g/mol. The zero-order valence-corrected chi connectivity index (χ0v) is 2.55. The van der Waals surface area contributed by atoms with Gasteiger partial charge < -0.3 is 0 Å². The van der Waals surface area contributed by atoms with E-state index < -0.39 is 0 Å². The molecular formula is C2H4N3Na.